The normalized spacial score (nSPS) is 22.9. The number of nitrogens with one attached hydrogen (secondary N) is 1. The van der Waals surface area contributed by atoms with Gasteiger partial charge in [-0.05, 0) is 88.1 Å². The standard InChI is InChI=1S/C29H36FN5O4S/c30-20-16-24-26(31-17-20)34(23-9-14-40-15-10-23)29(38)35(28(24)37)22-6-4-21(5-7-22)32-27(36)25-19(8-13-39-25)18-33-11-2-1-3-12-33/h8,13,16-17,21-23H,1-7,9-12,14-15,18H2,(H,32,36). The Morgan fingerprint density at radius 3 is 2.50 bits per heavy atom. The van der Waals surface area contributed by atoms with Crippen molar-refractivity contribution < 1.29 is 13.6 Å². The van der Waals surface area contributed by atoms with Gasteiger partial charge in [0.05, 0.1) is 17.8 Å². The summed E-state index contributed by atoms with van der Waals surface area (Å²) in [5.74, 6) is 1.41. The minimum absolute atomic E-state index is 0.0656. The highest BCUT2D eigenvalue weighted by Gasteiger charge is 2.30. The van der Waals surface area contributed by atoms with Gasteiger partial charge in [-0.15, -0.1) is 0 Å². The molecule has 3 aliphatic rings. The van der Waals surface area contributed by atoms with E-state index in [9.17, 15) is 18.8 Å². The van der Waals surface area contributed by atoms with Gasteiger partial charge < -0.3 is 9.73 Å². The van der Waals surface area contributed by atoms with Gasteiger partial charge in [0.1, 0.15) is 11.5 Å². The third-order valence-corrected chi connectivity index (χ3v) is 9.72. The molecule has 3 aromatic heterocycles. The van der Waals surface area contributed by atoms with Gasteiger partial charge in [0.15, 0.2) is 5.76 Å². The van der Waals surface area contributed by atoms with Crippen LogP contribution in [-0.2, 0) is 6.54 Å². The number of amides is 1. The molecule has 1 N–H and O–H groups in total. The molecule has 6 rings (SSSR count). The van der Waals surface area contributed by atoms with Gasteiger partial charge >= 0.3 is 5.69 Å². The third kappa shape index (κ3) is 5.50. The van der Waals surface area contributed by atoms with Crippen LogP contribution in [0.15, 0.2) is 38.6 Å². The maximum Gasteiger partial charge on any atom is 0.333 e. The molecule has 0 atom stereocenters. The molecule has 3 fully saturated rings. The summed E-state index contributed by atoms with van der Waals surface area (Å²) in [6.45, 7) is 2.78. The van der Waals surface area contributed by atoms with E-state index in [1.54, 1.807) is 10.8 Å². The Bertz CT molecular complexity index is 1480. The van der Waals surface area contributed by atoms with Crippen LogP contribution in [0.25, 0.3) is 11.0 Å². The monoisotopic (exact) mass is 569 g/mol. The summed E-state index contributed by atoms with van der Waals surface area (Å²) in [5, 5.41) is 3.26. The van der Waals surface area contributed by atoms with Crippen LogP contribution in [0, 0.1) is 5.82 Å². The molecule has 0 bridgehead atoms. The average molecular weight is 570 g/mol. The Labute approximate surface area is 236 Å². The Kier molecular flexibility index (Phi) is 8.11. The van der Waals surface area contributed by atoms with Crippen molar-refractivity contribution >= 4 is 28.7 Å². The van der Waals surface area contributed by atoms with Crippen LogP contribution < -0.4 is 16.6 Å². The molecule has 0 aromatic carbocycles. The molecular weight excluding hydrogens is 533 g/mol. The van der Waals surface area contributed by atoms with Gasteiger partial charge in [-0.3, -0.25) is 23.6 Å². The number of nitrogens with zero attached hydrogens (tertiary/aromatic N) is 4. The molecule has 0 radical (unpaired) electrons. The molecule has 1 saturated carbocycles. The molecule has 214 valence electrons. The van der Waals surface area contributed by atoms with E-state index in [4.69, 9.17) is 4.42 Å². The van der Waals surface area contributed by atoms with Crippen molar-refractivity contribution in [3.8, 4) is 0 Å². The van der Waals surface area contributed by atoms with Gasteiger partial charge in [-0.25, -0.2) is 14.2 Å². The highest BCUT2D eigenvalue weighted by molar-refractivity contribution is 7.99. The molecule has 0 unspecified atom stereocenters. The molecule has 9 nitrogen and oxygen atoms in total. The summed E-state index contributed by atoms with van der Waals surface area (Å²) in [6, 6.07) is 2.61. The molecule has 0 spiro atoms. The summed E-state index contributed by atoms with van der Waals surface area (Å²) >= 11 is 1.85. The maximum absolute atomic E-state index is 14.2. The second-order valence-corrected chi connectivity index (χ2v) is 12.5. The van der Waals surface area contributed by atoms with E-state index in [2.05, 4.69) is 15.2 Å². The maximum atomic E-state index is 14.2. The van der Waals surface area contributed by atoms with Gasteiger partial charge in [-0.2, -0.15) is 11.8 Å². The quantitative estimate of drug-likeness (QED) is 0.473. The number of thioether (sulfide) groups is 1. The third-order valence-electron chi connectivity index (χ3n) is 8.67. The van der Waals surface area contributed by atoms with E-state index in [1.807, 2.05) is 17.8 Å². The number of aromatic nitrogens is 3. The van der Waals surface area contributed by atoms with Crippen LogP contribution >= 0.6 is 11.8 Å². The number of piperidine rings is 1. The van der Waals surface area contributed by atoms with Gasteiger partial charge in [0, 0.05) is 30.2 Å². The predicted octanol–water partition coefficient (Wildman–Crippen LogP) is 4.26. The van der Waals surface area contributed by atoms with Crippen LogP contribution in [-0.4, -0.2) is 55.6 Å². The number of carbonyl (C=O) groups excluding carboxylic acids is 1. The lowest BCUT2D eigenvalue weighted by atomic mass is 9.90. The van der Waals surface area contributed by atoms with E-state index >= 15 is 0 Å². The van der Waals surface area contributed by atoms with Crippen molar-refractivity contribution in [3.63, 3.8) is 0 Å². The lowest BCUT2D eigenvalue weighted by Gasteiger charge is -2.31. The number of likely N-dealkylation sites (tertiary alicyclic amines) is 1. The Hall–Kier alpha value is -2.92. The fourth-order valence-electron chi connectivity index (χ4n) is 6.55. The van der Waals surface area contributed by atoms with Crippen molar-refractivity contribution in [2.24, 2.45) is 0 Å². The van der Waals surface area contributed by atoms with Crippen molar-refractivity contribution in [2.45, 2.75) is 82.5 Å². The minimum atomic E-state index is -0.593. The van der Waals surface area contributed by atoms with Crippen LogP contribution in [0.3, 0.4) is 0 Å². The number of halogens is 1. The molecular formula is C29H36FN5O4S. The first kappa shape index (κ1) is 27.3. The zero-order valence-corrected chi connectivity index (χ0v) is 23.5. The average Bonchev–Trinajstić information content (AvgIpc) is 3.44. The number of pyridine rings is 1. The van der Waals surface area contributed by atoms with Crippen LogP contribution in [0.5, 0.6) is 0 Å². The van der Waals surface area contributed by atoms with Crippen molar-refractivity contribution in [3.05, 3.63) is 62.6 Å². The number of fused-ring (bicyclic) bond motifs is 1. The summed E-state index contributed by atoms with van der Waals surface area (Å²) in [7, 11) is 0. The highest BCUT2D eigenvalue weighted by Crippen LogP contribution is 2.30. The number of hydrogen-bond donors (Lipinski definition) is 1. The summed E-state index contributed by atoms with van der Waals surface area (Å²) in [5.41, 5.74) is 0.320. The van der Waals surface area contributed by atoms with Gasteiger partial charge in [0.25, 0.3) is 11.5 Å². The highest BCUT2D eigenvalue weighted by atomic mass is 32.2. The molecule has 5 heterocycles. The van der Waals surface area contributed by atoms with Crippen LogP contribution in [0.4, 0.5) is 4.39 Å². The Morgan fingerprint density at radius 1 is 1.02 bits per heavy atom. The first-order valence-electron chi connectivity index (χ1n) is 14.5. The van der Waals surface area contributed by atoms with Crippen LogP contribution in [0.1, 0.15) is 86.0 Å². The van der Waals surface area contributed by atoms with Crippen molar-refractivity contribution in [1.29, 1.82) is 0 Å². The number of furan rings is 1. The van der Waals surface area contributed by atoms with E-state index in [0.717, 1.165) is 49.2 Å². The summed E-state index contributed by atoms with van der Waals surface area (Å²) in [4.78, 5) is 47.0. The summed E-state index contributed by atoms with van der Waals surface area (Å²) in [6.07, 6.45) is 10.3. The Morgan fingerprint density at radius 2 is 1.75 bits per heavy atom. The van der Waals surface area contributed by atoms with Gasteiger partial charge in [-0.1, -0.05) is 6.42 Å². The molecule has 1 amide bonds. The van der Waals surface area contributed by atoms with Crippen molar-refractivity contribution in [1.82, 2.24) is 24.3 Å². The zero-order chi connectivity index (χ0) is 27.6. The first-order chi connectivity index (χ1) is 19.5. The lowest BCUT2D eigenvalue weighted by molar-refractivity contribution is 0.0890. The summed E-state index contributed by atoms with van der Waals surface area (Å²) < 4.78 is 22.7. The van der Waals surface area contributed by atoms with Crippen LogP contribution in [0.2, 0.25) is 0 Å². The van der Waals surface area contributed by atoms with E-state index < -0.39 is 11.4 Å². The molecule has 2 saturated heterocycles. The largest absolute Gasteiger partial charge is 0.459 e. The topological polar surface area (TPSA) is 102 Å². The van der Waals surface area contributed by atoms with E-state index in [0.29, 0.717) is 38.0 Å². The number of carbonyl (C=O) groups is 1. The number of hydrogen-bond acceptors (Lipinski definition) is 7. The molecule has 1 aliphatic carbocycles. The van der Waals surface area contributed by atoms with E-state index in [-0.39, 0.29) is 40.8 Å². The second kappa shape index (κ2) is 11.9. The lowest BCUT2D eigenvalue weighted by Crippen LogP contribution is -2.46. The number of rotatable bonds is 6. The molecule has 2 aliphatic heterocycles. The first-order valence-corrected chi connectivity index (χ1v) is 15.6. The minimum Gasteiger partial charge on any atom is -0.459 e. The fraction of sp³-hybridized carbons (Fsp3) is 0.586. The second-order valence-electron chi connectivity index (χ2n) is 11.3. The van der Waals surface area contributed by atoms with E-state index in [1.165, 1.54) is 29.9 Å². The molecule has 3 aromatic rings. The Balaban J connectivity index is 1.18. The fourth-order valence-corrected chi connectivity index (χ4v) is 7.63. The zero-order valence-electron chi connectivity index (χ0n) is 22.6. The van der Waals surface area contributed by atoms with Crippen molar-refractivity contribution in [2.75, 3.05) is 24.6 Å². The molecule has 40 heavy (non-hydrogen) atoms. The SMILES string of the molecule is O=C(NC1CCC(n2c(=O)c3cc(F)cnc3n(C3CCSCC3)c2=O)CC1)c1occc1CN1CCCCC1. The predicted molar refractivity (Wildman–Crippen MR) is 152 cm³/mol. The molecule has 11 heteroatoms. The van der Waals surface area contributed by atoms with Gasteiger partial charge in [0.2, 0.25) is 0 Å². The smallest absolute Gasteiger partial charge is 0.333 e.